The van der Waals surface area contributed by atoms with E-state index in [1.54, 1.807) is 0 Å². The van der Waals surface area contributed by atoms with E-state index < -0.39 is 0 Å². The second-order valence-corrected chi connectivity index (χ2v) is 8.44. The fourth-order valence-corrected chi connectivity index (χ4v) is 5.53. The molecule has 3 heteroatoms. The van der Waals surface area contributed by atoms with Gasteiger partial charge in [-0.05, 0) is 72.7 Å². The Morgan fingerprint density at radius 3 is 2.89 bits per heavy atom. The van der Waals surface area contributed by atoms with Crippen LogP contribution in [-0.2, 0) is 0 Å². The van der Waals surface area contributed by atoms with Gasteiger partial charge in [0.1, 0.15) is 11.9 Å². The lowest BCUT2D eigenvalue weighted by atomic mass is 9.73. The van der Waals surface area contributed by atoms with Crippen LogP contribution in [0.5, 0.6) is 5.75 Å². The standard InChI is InChI=1S/C25H24N2O/c1-2-16-15-27-11-9-19(16)14-24(27)25-21-8-10-26-23-7-6-18(13-22(21)23)17-4-3-5-20(12-17)28-25/h2-8,10,12-13,16,19,24-25H,1,9,11,14-15H2/t16?,19?,24?,25-/m0/s1. The van der Waals surface area contributed by atoms with E-state index in [9.17, 15) is 0 Å². The van der Waals surface area contributed by atoms with Gasteiger partial charge in [-0.3, -0.25) is 9.88 Å². The lowest BCUT2D eigenvalue weighted by Gasteiger charge is -2.51. The number of fused-ring (bicyclic) bond motifs is 7. The Hall–Kier alpha value is -2.65. The van der Waals surface area contributed by atoms with Crippen LogP contribution in [0.15, 0.2) is 67.4 Å². The largest absolute Gasteiger partial charge is 0.484 e. The minimum Gasteiger partial charge on any atom is -0.484 e. The number of nitrogens with zero attached hydrogens (tertiary/aromatic N) is 2. The van der Waals surface area contributed by atoms with Crippen molar-refractivity contribution in [2.24, 2.45) is 11.8 Å². The second-order valence-electron chi connectivity index (χ2n) is 8.44. The van der Waals surface area contributed by atoms with Gasteiger partial charge in [0.25, 0.3) is 0 Å². The summed E-state index contributed by atoms with van der Waals surface area (Å²) in [5, 5.41) is 1.22. The minimum atomic E-state index is 0.0164. The molecule has 3 saturated heterocycles. The van der Waals surface area contributed by atoms with Crippen LogP contribution in [0.25, 0.3) is 22.0 Å². The van der Waals surface area contributed by atoms with E-state index >= 15 is 0 Å². The first-order chi connectivity index (χ1) is 13.8. The van der Waals surface area contributed by atoms with Crippen molar-refractivity contribution in [1.29, 1.82) is 0 Å². The average molecular weight is 368 g/mol. The molecule has 0 N–H and O–H groups in total. The van der Waals surface area contributed by atoms with Gasteiger partial charge in [-0.25, -0.2) is 0 Å². The summed E-state index contributed by atoms with van der Waals surface area (Å²) in [5.74, 6) is 2.29. The van der Waals surface area contributed by atoms with Gasteiger partial charge in [0.15, 0.2) is 0 Å². The first-order valence-corrected chi connectivity index (χ1v) is 10.3. The zero-order valence-electron chi connectivity index (χ0n) is 15.9. The third-order valence-electron chi connectivity index (χ3n) is 7.02. The molecule has 0 saturated carbocycles. The molecule has 2 aromatic carbocycles. The van der Waals surface area contributed by atoms with Crippen LogP contribution in [0.2, 0.25) is 0 Å². The summed E-state index contributed by atoms with van der Waals surface area (Å²) >= 11 is 0. The summed E-state index contributed by atoms with van der Waals surface area (Å²) < 4.78 is 6.74. The summed E-state index contributed by atoms with van der Waals surface area (Å²) in [6, 6.07) is 17.7. The van der Waals surface area contributed by atoms with Crippen LogP contribution >= 0.6 is 0 Å². The van der Waals surface area contributed by atoms with Crippen molar-refractivity contribution in [3.63, 3.8) is 0 Å². The Labute approximate surface area is 165 Å². The van der Waals surface area contributed by atoms with Crippen molar-refractivity contribution in [2.45, 2.75) is 25.0 Å². The molecule has 5 atom stereocenters. The third kappa shape index (κ3) is 2.43. The molecular formula is C25H24N2O. The maximum atomic E-state index is 6.74. The zero-order chi connectivity index (χ0) is 18.7. The molecule has 140 valence electrons. The summed E-state index contributed by atoms with van der Waals surface area (Å²) in [7, 11) is 0. The monoisotopic (exact) mass is 368 g/mol. The molecule has 1 aromatic heterocycles. The van der Waals surface area contributed by atoms with Crippen LogP contribution in [0.1, 0.15) is 24.5 Å². The predicted molar refractivity (Wildman–Crippen MR) is 112 cm³/mol. The van der Waals surface area contributed by atoms with Crippen LogP contribution in [0.3, 0.4) is 0 Å². The van der Waals surface area contributed by atoms with Gasteiger partial charge in [0.2, 0.25) is 0 Å². The SMILES string of the molecule is C=CC1CN2CCC1CC2[C@H]1Oc2cccc(c2)-c2ccc3nccc1c3c2. The van der Waals surface area contributed by atoms with Crippen molar-refractivity contribution in [2.75, 3.05) is 13.1 Å². The smallest absolute Gasteiger partial charge is 0.140 e. The van der Waals surface area contributed by atoms with Gasteiger partial charge in [0.05, 0.1) is 11.6 Å². The van der Waals surface area contributed by atoms with Gasteiger partial charge >= 0.3 is 0 Å². The van der Waals surface area contributed by atoms with E-state index in [0.717, 1.165) is 30.3 Å². The van der Waals surface area contributed by atoms with E-state index in [-0.39, 0.29) is 6.10 Å². The molecule has 5 heterocycles. The van der Waals surface area contributed by atoms with E-state index in [1.165, 1.54) is 34.9 Å². The molecular weight excluding hydrogens is 344 g/mol. The Bertz CT molecular complexity index is 1080. The number of aromatic nitrogens is 1. The maximum absolute atomic E-state index is 6.74. The van der Waals surface area contributed by atoms with Crippen molar-refractivity contribution >= 4 is 10.9 Å². The maximum Gasteiger partial charge on any atom is 0.140 e. The van der Waals surface area contributed by atoms with E-state index in [1.807, 2.05) is 6.20 Å². The Morgan fingerprint density at radius 1 is 1.11 bits per heavy atom. The van der Waals surface area contributed by atoms with Crippen LogP contribution in [0.4, 0.5) is 0 Å². The molecule has 3 aromatic rings. The van der Waals surface area contributed by atoms with Crippen molar-refractivity contribution in [3.8, 4) is 16.9 Å². The third-order valence-corrected chi connectivity index (χ3v) is 7.02. The number of pyridine rings is 1. The molecule has 0 aliphatic carbocycles. The quantitative estimate of drug-likeness (QED) is 0.579. The number of hydrogen-bond acceptors (Lipinski definition) is 3. The van der Waals surface area contributed by atoms with E-state index in [4.69, 9.17) is 4.74 Å². The van der Waals surface area contributed by atoms with Crippen molar-refractivity contribution in [3.05, 3.63) is 72.9 Å². The molecule has 6 bridgehead atoms. The highest BCUT2D eigenvalue weighted by molar-refractivity contribution is 5.88. The van der Waals surface area contributed by atoms with Crippen molar-refractivity contribution in [1.82, 2.24) is 9.88 Å². The summed E-state index contributed by atoms with van der Waals surface area (Å²) in [6.07, 6.45) is 6.56. The topological polar surface area (TPSA) is 25.4 Å². The molecule has 0 amide bonds. The summed E-state index contributed by atoms with van der Waals surface area (Å²) in [4.78, 5) is 7.26. The van der Waals surface area contributed by atoms with E-state index in [0.29, 0.717) is 12.0 Å². The fraction of sp³-hybridized carbons (Fsp3) is 0.320. The predicted octanol–water partition coefficient (Wildman–Crippen LogP) is 5.23. The molecule has 3 fully saturated rings. The highest BCUT2D eigenvalue weighted by Gasteiger charge is 2.44. The number of hydrogen-bond donors (Lipinski definition) is 0. The highest BCUT2D eigenvalue weighted by atomic mass is 16.5. The highest BCUT2D eigenvalue weighted by Crippen LogP contribution is 2.44. The molecule has 4 aliphatic heterocycles. The minimum absolute atomic E-state index is 0.0164. The Morgan fingerprint density at radius 2 is 2.04 bits per heavy atom. The van der Waals surface area contributed by atoms with Crippen LogP contribution in [0, 0.1) is 11.8 Å². The summed E-state index contributed by atoms with van der Waals surface area (Å²) in [6.45, 7) is 6.34. The fourth-order valence-electron chi connectivity index (χ4n) is 5.53. The van der Waals surface area contributed by atoms with Crippen molar-refractivity contribution < 1.29 is 4.74 Å². The van der Waals surface area contributed by atoms with Gasteiger partial charge < -0.3 is 4.74 Å². The second kappa shape index (κ2) is 6.18. The molecule has 0 spiro atoms. The number of ether oxygens (including phenoxy) is 1. The lowest BCUT2D eigenvalue weighted by molar-refractivity contribution is -0.0356. The lowest BCUT2D eigenvalue weighted by Crippen LogP contribution is -2.55. The van der Waals surface area contributed by atoms with Gasteiger partial charge in [0, 0.05) is 23.7 Å². The normalized spacial score (nSPS) is 30.4. The zero-order valence-corrected chi connectivity index (χ0v) is 15.9. The number of rotatable bonds is 2. The first kappa shape index (κ1) is 16.3. The first-order valence-electron chi connectivity index (χ1n) is 10.3. The number of benzene rings is 2. The average Bonchev–Trinajstić information content (AvgIpc) is 2.80. The number of piperidine rings is 3. The molecule has 4 aliphatic rings. The van der Waals surface area contributed by atoms with Gasteiger partial charge in [-0.1, -0.05) is 24.3 Å². The van der Waals surface area contributed by atoms with Gasteiger partial charge in [-0.15, -0.1) is 6.58 Å². The molecule has 0 radical (unpaired) electrons. The molecule has 7 rings (SSSR count). The van der Waals surface area contributed by atoms with Crippen LogP contribution < -0.4 is 4.74 Å². The molecule has 3 nitrogen and oxygen atoms in total. The van der Waals surface area contributed by atoms with E-state index in [2.05, 4.69) is 71.1 Å². The van der Waals surface area contributed by atoms with Crippen LogP contribution in [-0.4, -0.2) is 29.0 Å². The molecule has 28 heavy (non-hydrogen) atoms. The molecule has 4 unspecified atom stereocenters. The Balaban J connectivity index is 1.52. The Kier molecular flexibility index (Phi) is 3.60. The van der Waals surface area contributed by atoms with Gasteiger partial charge in [-0.2, -0.15) is 0 Å². The summed E-state index contributed by atoms with van der Waals surface area (Å²) in [5.41, 5.74) is 4.74.